The second-order valence-corrected chi connectivity index (χ2v) is 6.32. The van der Waals surface area contributed by atoms with Crippen molar-refractivity contribution in [1.29, 1.82) is 0 Å². The lowest BCUT2D eigenvalue weighted by molar-refractivity contribution is 0.410. The fraction of sp³-hybridized carbons (Fsp3) is 0.562. The maximum atomic E-state index is 4.84. The first-order valence-corrected chi connectivity index (χ1v) is 7.42. The van der Waals surface area contributed by atoms with E-state index in [1.807, 2.05) is 0 Å². The van der Waals surface area contributed by atoms with Crippen molar-refractivity contribution in [1.82, 2.24) is 15.3 Å². The van der Waals surface area contributed by atoms with Crippen LogP contribution in [0.5, 0.6) is 0 Å². The van der Waals surface area contributed by atoms with Gasteiger partial charge in [0, 0.05) is 0 Å². The molecule has 2 fully saturated rings. The van der Waals surface area contributed by atoms with Gasteiger partial charge in [0.15, 0.2) is 0 Å². The molecule has 1 saturated carbocycles. The minimum Gasteiger partial charge on any atom is -0.341 e. The summed E-state index contributed by atoms with van der Waals surface area (Å²) in [5.74, 6) is 2.82. The third-order valence-electron chi connectivity index (χ3n) is 5.16. The predicted molar refractivity (Wildman–Crippen MR) is 77.1 cm³/mol. The second kappa shape index (κ2) is 4.07. The monoisotopic (exact) mass is 255 g/mol. The molecule has 1 aromatic carbocycles. The van der Waals surface area contributed by atoms with Crippen LogP contribution in [-0.2, 0) is 0 Å². The van der Waals surface area contributed by atoms with Crippen LogP contribution in [0, 0.1) is 25.7 Å². The molecule has 19 heavy (non-hydrogen) atoms. The highest BCUT2D eigenvalue weighted by molar-refractivity contribution is 5.77. The van der Waals surface area contributed by atoms with Gasteiger partial charge in [-0.1, -0.05) is 6.42 Å². The molecule has 1 aliphatic heterocycles. The van der Waals surface area contributed by atoms with E-state index in [0.717, 1.165) is 23.2 Å². The SMILES string of the molecule is Cc1cc2nc(C3NCC4CCCC43)[nH]c2cc1C. The first-order valence-electron chi connectivity index (χ1n) is 7.42. The average molecular weight is 255 g/mol. The summed E-state index contributed by atoms with van der Waals surface area (Å²) in [7, 11) is 0. The van der Waals surface area contributed by atoms with Gasteiger partial charge in [0.05, 0.1) is 17.1 Å². The molecule has 3 nitrogen and oxygen atoms in total. The van der Waals surface area contributed by atoms with Crippen molar-refractivity contribution in [3.05, 3.63) is 29.1 Å². The fourth-order valence-corrected chi connectivity index (χ4v) is 3.92. The van der Waals surface area contributed by atoms with Crippen LogP contribution in [0.15, 0.2) is 12.1 Å². The van der Waals surface area contributed by atoms with E-state index in [0.29, 0.717) is 6.04 Å². The smallest absolute Gasteiger partial charge is 0.124 e. The van der Waals surface area contributed by atoms with Gasteiger partial charge in [-0.25, -0.2) is 4.98 Å². The first-order chi connectivity index (χ1) is 9.22. The minimum atomic E-state index is 0.445. The van der Waals surface area contributed by atoms with Crippen molar-refractivity contribution in [2.75, 3.05) is 6.54 Å². The van der Waals surface area contributed by atoms with Gasteiger partial charge in [-0.05, 0) is 68.3 Å². The predicted octanol–water partition coefficient (Wildman–Crippen LogP) is 3.24. The number of aromatic nitrogens is 2. The van der Waals surface area contributed by atoms with Crippen LogP contribution < -0.4 is 5.32 Å². The molecule has 4 rings (SSSR count). The fourth-order valence-electron chi connectivity index (χ4n) is 3.92. The number of rotatable bonds is 1. The number of aryl methyl sites for hydroxylation is 2. The summed E-state index contributed by atoms with van der Waals surface area (Å²) >= 11 is 0. The molecule has 1 aliphatic carbocycles. The highest BCUT2D eigenvalue weighted by atomic mass is 15.1. The van der Waals surface area contributed by atoms with Crippen molar-refractivity contribution in [3.63, 3.8) is 0 Å². The Balaban J connectivity index is 1.75. The molecule has 2 aromatic rings. The topological polar surface area (TPSA) is 40.7 Å². The normalized spacial score (nSPS) is 30.1. The van der Waals surface area contributed by atoms with E-state index in [9.17, 15) is 0 Å². The molecular weight excluding hydrogens is 234 g/mol. The van der Waals surface area contributed by atoms with Gasteiger partial charge in [-0.3, -0.25) is 0 Å². The molecule has 0 amide bonds. The van der Waals surface area contributed by atoms with Crippen LogP contribution in [0.3, 0.4) is 0 Å². The van der Waals surface area contributed by atoms with Gasteiger partial charge in [0.1, 0.15) is 5.82 Å². The number of H-pyrrole nitrogens is 1. The highest BCUT2D eigenvalue weighted by Gasteiger charge is 2.40. The number of nitrogens with zero attached hydrogens (tertiary/aromatic N) is 1. The van der Waals surface area contributed by atoms with E-state index in [1.165, 1.54) is 42.5 Å². The zero-order chi connectivity index (χ0) is 13.0. The number of fused-ring (bicyclic) bond motifs is 2. The molecule has 0 radical (unpaired) electrons. The van der Waals surface area contributed by atoms with Gasteiger partial charge in [-0.15, -0.1) is 0 Å². The molecule has 0 bridgehead atoms. The minimum absolute atomic E-state index is 0.445. The first kappa shape index (κ1) is 11.5. The van der Waals surface area contributed by atoms with E-state index in [-0.39, 0.29) is 0 Å². The highest BCUT2D eigenvalue weighted by Crippen LogP contribution is 2.43. The third kappa shape index (κ3) is 1.71. The van der Waals surface area contributed by atoms with Crippen LogP contribution >= 0.6 is 0 Å². The molecule has 1 saturated heterocycles. The largest absolute Gasteiger partial charge is 0.341 e. The van der Waals surface area contributed by atoms with Crippen molar-refractivity contribution in [3.8, 4) is 0 Å². The molecule has 3 heteroatoms. The number of benzene rings is 1. The molecule has 2 N–H and O–H groups in total. The quantitative estimate of drug-likeness (QED) is 0.821. The Morgan fingerprint density at radius 1 is 1.16 bits per heavy atom. The Labute approximate surface area is 113 Å². The van der Waals surface area contributed by atoms with Crippen LogP contribution in [0.25, 0.3) is 11.0 Å². The molecular formula is C16H21N3. The van der Waals surface area contributed by atoms with E-state index >= 15 is 0 Å². The number of hydrogen-bond donors (Lipinski definition) is 2. The summed E-state index contributed by atoms with van der Waals surface area (Å²) in [6.07, 6.45) is 4.15. The number of imidazole rings is 1. The lowest BCUT2D eigenvalue weighted by Gasteiger charge is -2.15. The zero-order valence-electron chi connectivity index (χ0n) is 11.7. The lowest BCUT2D eigenvalue weighted by Crippen LogP contribution is -2.18. The maximum Gasteiger partial charge on any atom is 0.124 e. The van der Waals surface area contributed by atoms with Gasteiger partial charge in [-0.2, -0.15) is 0 Å². The number of nitrogens with one attached hydrogen (secondary N) is 2. The Morgan fingerprint density at radius 2 is 2.00 bits per heavy atom. The second-order valence-electron chi connectivity index (χ2n) is 6.32. The van der Waals surface area contributed by atoms with Crippen LogP contribution in [-0.4, -0.2) is 16.5 Å². The van der Waals surface area contributed by atoms with E-state index in [4.69, 9.17) is 4.98 Å². The van der Waals surface area contributed by atoms with E-state index in [1.54, 1.807) is 0 Å². The lowest BCUT2D eigenvalue weighted by atomic mass is 9.94. The van der Waals surface area contributed by atoms with Gasteiger partial charge in [0.2, 0.25) is 0 Å². The van der Waals surface area contributed by atoms with Crippen molar-refractivity contribution >= 4 is 11.0 Å². The Bertz CT molecular complexity index is 589. The molecule has 2 aliphatic rings. The average Bonchev–Trinajstić information content (AvgIpc) is 3.03. The van der Waals surface area contributed by atoms with Crippen molar-refractivity contribution in [2.45, 2.75) is 39.2 Å². The van der Waals surface area contributed by atoms with Gasteiger partial charge >= 0.3 is 0 Å². The Kier molecular flexibility index (Phi) is 2.46. The Hall–Kier alpha value is -1.35. The van der Waals surface area contributed by atoms with Crippen LogP contribution in [0.2, 0.25) is 0 Å². The third-order valence-corrected chi connectivity index (χ3v) is 5.16. The number of aromatic amines is 1. The molecule has 1 aromatic heterocycles. The summed E-state index contributed by atoms with van der Waals surface area (Å²) in [6, 6.07) is 4.87. The molecule has 3 atom stereocenters. The number of hydrogen-bond acceptors (Lipinski definition) is 2. The van der Waals surface area contributed by atoms with Crippen LogP contribution in [0.4, 0.5) is 0 Å². The van der Waals surface area contributed by atoms with Crippen LogP contribution in [0.1, 0.15) is 42.3 Å². The van der Waals surface area contributed by atoms with Gasteiger partial charge in [0.25, 0.3) is 0 Å². The summed E-state index contributed by atoms with van der Waals surface area (Å²) in [5, 5.41) is 3.67. The van der Waals surface area contributed by atoms with Crippen molar-refractivity contribution < 1.29 is 0 Å². The molecule has 2 heterocycles. The van der Waals surface area contributed by atoms with Crippen molar-refractivity contribution in [2.24, 2.45) is 11.8 Å². The van der Waals surface area contributed by atoms with E-state index in [2.05, 4.69) is 36.3 Å². The summed E-state index contributed by atoms with van der Waals surface area (Å²) < 4.78 is 0. The van der Waals surface area contributed by atoms with E-state index < -0.39 is 0 Å². The summed E-state index contributed by atoms with van der Waals surface area (Å²) in [5.41, 5.74) is 4.95. The molecule has 0 spiro atoms. The maximum absolute atomic E-state index is 4.84. The molecule has 3 unspecified atom stereocenters. The summed E-state index contributed by atoms with van der Waals surface area (Å²) in [6.45, 7) is 5.49. The molecule has 100 valence electrons. The summed E-state index contributed by atoms with van der Waals surface area (Å²) in [4.78, 5) is 8.38. The zero-order valence-corrected chi connectivity index (χ0v) is 11.7. The van der Waals surface area contributed by atoms with Gasteiger partial charge < -0.3 is 10.3 Å². The standard InChI is InChI=1S/C16H21N3/c1-9-6-13-14(7-10(9)2)19-16(18-13)15-12-5-3-4-11(12)8-17-15/h6-7,11-12,15,17H,3-5,8H2,1-2H3,(H,18,19). The Morgan fingerprint density at radius 3 is 2.89 bits per heavy atom.